The number of ether oxygens (including phenoxy) is 1. The van der Waals surface area contributed by atoms with E-state index >= 15 is 0 Å². The van der Waals surface area contributed by atoms with Crippen LogP contribution in [-0.4, -0.2) is 53.7 Å². The van der Waals surface area contributed by atoms with E-state index in [2.05, 4.69) is 50.9 Å². The fourth-order valence-electron chi connectivity index (χ4n) is 2.55. The normalized spacial score (nSPS) is 11.3. The van der Waals surface area contributed by atoms with Crippen LogP contribution in [0.4, 0.5) is 0 Å². The minimum atomic E-state index is 0.151. The van der Waals surface area contributed by atoms with E-state index in [-0.39, 0.29) is 5.75 Å². The second-order valence-corrected chi connectivity index (χ2v) is 7.09. The van der Waals surface area contributed by atoms with E-state index in [0.717, 1.165) is 31.7 Å². The second-order valence-electron chi connectivity index (χ2n) is 6.23. The van der Waals surface area contributed by atoms with Crippen molar-refractivity contribution in [3.63, 3.8) is 0 Å². The molecular formula is C19H26BrN3O2. The lowest BCUT2D eigenvalue weighted by Gasteiger charge is -2.24. The van der Waals surface area contributed by atoms with Crippen molar-refractivity contribution in [1.82, 2.24) is 14.8 Å². The summed E-state index contributed by atoms with van der Waals surface area (Å²) < 4.78 is 6.19. The molecule has 0 amide bonds. The summed E-state index contributed by atoms with van der Waals surface area (Å²) >= 11 is 3.42. The zero-order valence-corrected chi connectivity index (χ0v) is 16.7. The molecule has 1 aromatic carbocycles. The van der Waals surface area contributed by atoms with Gasteiger partial charge in [-0.2, -0.15) is 0 Å². The van der Waals surface area contributed by atoms with Gasteiger partial charge in [-0.25, -0.2) is 0 Å². The molecule has 136 valence electrons. The fourth-order valence-corrected chi connectivity index (χ4v) is 3.04. The molecule has 0 aliphatic rings. The summed E-state index contributed by atoms with van der Waals surface area (Å²) in [7, 11) is 4.15. The first kappa shape index (κ1) is 19.7. The first-order chi connectivity index (χ1) is 12.0. The Kier molecular flexibility index (Phi) is 7.68. The number of benzene rings is 1. The largest absolute Gasteiger partial charge is 0.503 e. The molecule has 0 atom stereocenters. The molecule has 0 aliphatic heterocycles. The van der Waals surface area contributed by atoms with Crippen LogP contribution in [0.15, 0.2) is 41.1 Å². The van der Waals surface area contributed by atoms with Crippen molar-refractivity contribution >= 4 is 15.9 Å². The van der Waals surface area contributed by atoms with E-state index < -0.39 is 0 Å². The SMILES string of the molecule is CCOc1cc(CN(CCN(C)C)Cc2cccnc2)cc(Br)c1O. The Balaban J connectivity index is 2.17. The average molecular weight is 408 g/mol. The van der Waals surface area contributed by atoms with Gasteiger partial charge in [0.25, 0.3) is 0 Å². The number of phenols is 1. The molecule has 5 nitrogen and oxygen atoms in total. The van der Waals surface area contributed by atoms with Crippen molar-refractivity contribution in [2.75, 3.05) is 33.8 Å². The van der Waals surface area contributed by atoms with Crippen LogP contribution in [0.3, 0.4) is 0 Å². The fraction of sp³-hybridized carbons (Fsp3) is 0.421. The predicted molar refractivity (Wildman–Crippen MR) is 104 cm³/mol. The van der Waals surface area contributed by atoms with Gasteiger partial charge >= 0.3 is 0 Å². The van der Waals surface area contributed by atoms with Crippen LogP contribution in [0.5, 0.6) is 11.5 Å². The minimum absolute atomic E-state index is 0.151. The number of aromatic hydroxyl groups is 1. The Morgan fingerprint density at radius 3 is 2.56 bits per heavy atom. The summed E-state index contributed by atoms with van der Waals surface area (Å²) in [4.78, 5) is 8.75. The van der Waals surface area contributed by atoms with Crippen molar-refractivity contribution < 1.29 is 9.84 Å². The average Bonchev–Trinajstić information content (AvgIpc) is 2.58. The van der Waals surface area contributed by atoms with E-state index in [0.29, 0.717) is 16.8 Å². The van der Waals surface area contributed by atoms with E-state index in [1.165, 1.54) is 5.56 Å². The van der Waals surface area contributed by atoms with Gasteiger partial charge in [-0.05, 0) is 66.3 Å². The molecule has 0 saturated carbocycles. The Hall–Kier alpha value is -1.63. The summed E-state index contributed by atoms with van der Waals surface area (Å²) in [5.74, 6) is 0.665. The minimum Gasteiger partial charge on any atom is -0.503 e. The first-order valence-electron chi connectivity index (χ1n) is 8.39. The molecule has 0 spiro atoms. The van der Waals surface area contributed by atoms with Gasteiger partial charge in [-0.15, -0.1) is 0 Å². The molecule has 1 aromatic heterocycles. The Morgan fingerprint density at radius 1 is 1.16 bits per heavy atom. The van der Waals surface area contributed by atoms with Gasteiger partial charge in [0.2, 0.25) is 0 Å². The number of rotatable bonds is 9. The zero-order chi connectivity index (χ0) is 18.2. The predicted octanol–water partition coefficient (Wildman–Crippen LogP) is 3.51. The lowest BCUT2D eigenvalue weighted by molar-refractivity contribution is 0.225. The highest BCUT2D eigenvalue weighted by atomic mass is 79.9. The lowest BCUT2D eigenvalue weighted by atomic mass is 10.1. The third-order valence-corrected chi connectivity index (χ3v) is 4.39. The third kappa shape index (κ3) is 6.30. The number of hydrogen-bond acceptors (Lipinski definition) is 5. The van der Waals surface area contributed by atoms with E-state index in [4.69, 9.17) is 4.74 Å². The molecule has 1 heterocycles. The molecular weight excluding hydrogens is 382 g/mol. The second kappa shape index (κ2) is 9.75. The van der Waals surface area contributed by atoms with E-state index in [9.17, 15) is 5.11 Å². The maximum atomic E-state index is 10.1. The summed E-state index contributed by atoms with van der Waals surface area (Å²) in [6.07, 6.45) is 3.69. The zero-order valence-electron chi connectivity index (χ0n) is 15.1. The first-order valence-corrected chi connectivity index (χ1v) is 9.19. The van der Waals surface area contributed by atoms with Crippen LogP contribution in [0.25, 0.3) is 0 Å². The van der Waals surface area contributed by atoms with Crippen molar-refractivity contribution in [3.05, 3.63) is 52.3 Å². The standard InChI is InChI=1S/C19H26BrN3O2/c1-4-25-18-11-16(10-17(20)19(18)24)14-23(9-8-22(2)3)13-15-6-5-7-21-12-15/h5-7,10-12,24H,4,8-9,13-14H2,1-3H3. The molecule has 6 heteroatoms. The van der Waals surface area contributed by atoms with Crippen molar-refractivity contribution in [1.29, 1.82) is 0 Å². The molecule has 0 radical (unpaired) electrons. The highest BCUT2D eigenvalue weighted by molar-refractivity contribution is 9.10. The van der Waals surface area contributed by atoms with Crippen molar-refractivity contribution in [2.45, 2.75) is 20.0 Å². The molecule has 2 rings (SSSR count). The van der Waals surface area contributed by atoms with E-state index in [1.54, 1.807) is 6.20 Å². The highest BCUT2D eigenvalue weighted by Crippen LogP contribution is 2.35. The molecule has 1 N–H and O–H groups in total. The van der Waals surface area contributed by atoms with Crippen LogP contribution in [0.2, 0.25) is 0 Å². The van der Waals surface area contributed by atoms with Gasteiger partial charge in [0.1, 0.15) is 0 Å². The Bertz CT molecular complexity index is 665. The number of nitrogens with zero attached hydrogens (tertiary/aromatic N) is 3. The maximum absolute atomic E-state index is 10.1. The van der Waals surface area contributed by atoms with Gasteiger partial charge in [0.15, 0.2) is 11.5 Å². The number of phenolic OH excluding ortho intramolecular Hbond substituents is 1. The van der Waals surface area contributed by atoms with Crippen LogP contribution >= 0.6 is 15.9 Å². The van der Waals surface area contributed by atoms with Gasteiger partial charge in [-0.1, -0.05) is 6.07 Å². The van der Waals surface area contributed by atoms with Gasteiger partial charge in [-0.3, -0.25) is 9.88 Å². The topological polar surface area (TPSA) is 48.8 Å². The van der Waals surface area contributed by atoms with Crippen LogP contribution in [0, 0.1) is 0 Å². The molecule has 2 aromatic rings. The molecule has 25 heavy (non-hydrogen) atoms. The summed E-state index contributed by atoms with van der Waals surface area (Å²) in [6.45, 7) is 5.92. The summed E-state index contributed by atoms with van der Waals surface area (Å²) in [5.41, 5.74) is 2.28. The van der Waals surface area contributed by atoms with Gasteiger partial charge < -0.3 is 14.7 Å². The number of likely N-dealkylation sites (N-methyl/N-ethyl adjacent to an activating group) is 1. The highest BCUT2D eigenvalue weighted by Gasteiger charge is 2.13. The monoisotopic (exact) mass is 407 g/mol. The van der Waals surface area contributed by atoms with Crippen molar-refractivity contribution in [3.8, 4) is 11.5 Å². The Labute approximate surface area is 158 Å². The summed E-state index contributed by atoms with van der Waals surface area (Å²) in [6, 6.07) is 7.91. The quantitative estimate of drug-likeness (QED) is 0.688. The maximum Gasteiger partial charge on any atom is 0.172 e. The summed E-state index contributed by atoms with van der Waals surface area (Å²) in [5, 5.41) is 10.1. The molecule has 0 unspecified atom stereocenters. The number of pyridine rings is 1. The van der Waals surface area contributed by atoms with Gasteiger partial charge in [0, 0.05) is 38.6 Å². The Morgan fingerprint density at radius 2 is 1.92 bits per heavy atom. The van der Waals surface area contributed by atoms with E-state index in [1.807, 2.05) is 31.3 Å². The smallest absolute Gasteiger partial charge is 0.172 e. The molecule has 0 bridgehead atoms. The van der Waals surface area contributed by atoms with Crippen molar-refractivity contribution in [2.24, 2.45) is 0 Å². The van der Waals surface area contributed by atoms with Crippen LogP contribution in [-0.2, 0) is 13.1 Å². The lowest BCUT2D eigenvalue weighted by Crippen LogP contribution is -2.31. The van der Waals surface area contributed by atoms with Gasteiger partial charge in [0.05, 0.1) is 11.1 Å². The number of halogens is 1. The number of aromatic nitrogens is 1. The third-order valence-electron chi connectivity index (χ3n) is 3.79. The van der Waals surface area contributed by atoms with Crippen LogP contribution in [0.1, 0.15) is 18.1 Å². The molecule has 0 fully saturated rings. The number of hydrogen-bond donors (Lipinski definition) is 1. The molecule has 0 saturated heterocycles. The molecule has 0 aliphatic carbocycles. The van der Waals surface area contributed by atoms with Crippen LogP contribution < -0.4 is 4.74 Å².